The van der Waals surface area contributed by atoms with Gasteiger partial charge in [0.1, 0.15) is 0 Å². The maximum Gasteiger partial charge on any atom is 0.0976 e. The molecule has 3 nitrogen and oxygen atoms in total. The van der Waals surface area contributed by atoms with Crippen LogP contribution in [-0.4, -0.2) is 18.1 Å². The summed E-state index contributed by atoms with van der Waals surface area (Å²) in [6.45, 7) is 1.51. The second-order valence-electron chi connectivity index (χ2n) is 5.37. The Morgan fingerprint density at radius 3 is 2.76 bits per heavy atom. The van der Waals surface area contributed by atoms with Gasteiger partial charge in [0.25, 0.3) is 0 Å². The third-order valence-electron chi connectivity index (χ3n) is 3.50. The number of rotatable bonds is 7. The number of hydrogen-bond donors (Lipinski definition) is 1. The number of thiazole rings is 1. The Labute approximate surface area is 137 Å². The number of aromatic nitrogens is 1. The van der Waals surface area contributed by atoms with Crippen LogP contribution in [0.2, 0.25) is 0 Å². The van der Waals surface area contributed by atoms with Crippen molar-refractivity contribution in [1.82, 2.24) is 10.3 Å². The van der Waals surface area contributed by atoms with E-state index in [4.69, 9.17) is 9.72 Å². The highest BCUT2D eigenvalue weighted by atomic mass is 79.9. The molecule has 5 heteroatoms. The van der Waals surface area contributed by atoms with Crippen molar-refractivity contribution < 1.29 is 4.74 Å². The lowest BCUT2D eigenvalue weighted by molar-refractivity contribution is 0.181. The normalized spacial score (nSPS) is 14.6. The molecule has 1 aliphatic carbocycles. The number of benzene rings is 1. The zero-order valence-electron chi connectivity index (χ0n) is 12.1. The molecule has 1 heterocycles. The summed E-state index contributed by atoms with van der Waals surface area (Å²) in [7, 11) is 1.73. The highest BCUT2D eigenvalue weighted by Gasteiger charge is 2.21. The quantitative estimate of drug-likeness (QED) is 0.806. The van der Waals surface area contributed by atoms with Crippen LogP contribution in [0, 0.1) is 0 Å². The molecule has 1 saturated carbocycles. The van der Waals surface area contributed by atoms with E-state index in [9.17, 15) is 0 Å². The molecule has 0 atom stereocenters. The lowest BCUT2D eigenvalue weighted by Crippen LogP contribution is -2.15. The Bertz CT molecular complexity index is 593. The third-order valence-corrected chi connectivity index (χ3v) is 5.13. The van der Waals surface area contributed by atoms with Gasteiger partial charge in [0, 0.05) is 35.5 Å². The first kappa shape index (κ1) is 15.2. The first-order chi connectivity index (χ1) is 10.2. The third kappa shape index (κ3) is 4.36. The highest BCUT2D eigenvalue weighted by Crippen LogP contribution is 2.25. The van der Waals surface area contributed by atoms with Crippen molar-refractivity contribution >= 4 is 27.3 Å². The van der Waals surface area contributed by atoms with Gasteiger partial charge in [-0.3, -0.25) is 0 Å². The maximum absolute atomic E-state index is 5.28. The van der Waals surface area contributed by atoms with E-state index in [0.717, 1.165) is 34.2 Å². The van der Waals surface area contributed by atoms with Gasteiger partial charge >= 0.3 is 0 Å². The fraction of sp³-hybridized carbons (Fsp3) is 0.438. The zero-order valence-corrected chi connectivity index (χ0v) is 14.5. The molecule has 0 radical (unpaired) electrons. The predicted molar refractivity (Wildman–Crippen MR) is 89.6 cm³/mol. The minimum atomic E-state index is 0.596. The summed E-state index contributed by atoms with van der Waals surface area (Å²) in [5, 5.41) is 4.73. The van der Waals surface area contributed by atoms with Crippen molar-refractivity contribution in [3.63, 3.8) is 0 Å². The molecule has 2 aromatic rings. The van der Waals surface area contributed by atoms with E-state index in [0.29, 0.717) is 6.61 Å². The average molecular weight is 367 g/mol. The molecule has 0 unspecified atom stereocenters. The topological polar surface area (TPSA) is 34.1 Å². The Kier molecular flexibility index (Phi) is 5.06. The van der Waals surface area contributed by atoms with Crippen LogP contribution in [0.25, 0.3) is 0 Å². The molecule has 1 fully saturated rings. The zero-order chi connectivity index (χ0) is 14.7. The Morgan fingerprint density at radius 1 is 1.33 bits per heavy atom. The van der Waals surface area contributed by atoms with Gasteiger partial charge in [-0.15, -0.1) is 11.3 Å². The molecule has 0 aliphatic heterocycles. The fourth-order valence-electron chi connectivity index (χ4n) is 2.20. The van der Waals surface area contributed by atoms with Gasteiger partial charge in [-0.25, -0.2) is 4.98 Å². The van der Waals surface area contributed by atoms with Crippen molar-refractivity contribution in [1.29, 1.82) is 0 Å². The smallest absolute Gasteiger partial charge is 0.0976 e. The molecule has 1 aliphatic rings. The summed E-state index contributed by atoms with van der Waals surface area (Å²) in [6.07, 6.45) is 3.51. The molecule has 3 rings (SSSR count). The van der Waals surface area contributed by atoms with Crippen LogP contribution in [0.15, 0.2) is 28.7 Å². The molecular weight excluding hydrogens is 348 g/mol. The lowest BCUT2D eigenvalue weighted by Gasteiger charge is -2.02. The van der Waals surface area contributed by atoms with Crippen molar-refractivity contribution in [3.05, 3.63) is 49.9 Å². The van der Waals surface area contributed by atoms with E-state index in [1.807, 2.05) is 0 Å². The Balaban J connectivity index is 1.71. The van der Waals surface area contributed by atoms with Crippen molar-refractivity contribution in [3.8, 4) is 0 Å². The number of methoxy groups -OCH3 is 1. The molecule has 1 N–H and O–H groups in total. The summed E-state index contributed by atoms with van der Waals surface area (Å²) in [6, 6.07) is 9.16. The van der Waals surface area contributed by atoms with E-state index in [1.54, 1.807) is 18.4 Å². The average Bonchev–Trinajstić information content (AvgIpc) is 3.23. The van der Waals surface area contributed by atoms with E-state index in [-0.39, 0.29) is 0 Å². The van der Waals surface area contributed by atoms with Gasteiger partial charge in [0.05, 0.1) is 17.3 Å². The molecule has 21 heavy (non-hydrogen) atoms. The van der Waals surface area contributed by atoms with Crippen LogP contribution < -0.4 is 5.32 Å². The summed E-state index contributed by atoms with van der Waals surface area (Å²) < 4.78 is 6.39. The Hall–Kier alpha value is -0.750. The molecule has 0 saturated heterocycles. The summed E-state index contributed by atoms with van der Waals surface area (Å²) in [5.74, 6) is 0. The largest absolute Gasteiger partial charge is 0.378 e. The molecule has 1 aromatic carbocycles. The minimum Gasteiger partial charge on any atom is -0.378 e. The van der Waals surface area contributed by atoms with Crippen LogP contribution in [-0.2, 0) is 24.3 Å². The standard InChI is InChI=1S/C16H19BrN2OS/c1-20-10-14-15(9-18-13-6-7-13)21-16(19-14)8-11-2-4-12(17)5-3-11/h2-5,13,18H,6-10H2,1H3. The van der Waals surface area contributed by atoms with Gasteiger partial charge in [-0.1, -0.05) is 28.1 Å². The molecular formula is C16H19BrN2OS. The van der Waals surface area contributed by atoms with E-state index in [2.05, 4.69) is 45.5 Å². The van der Waals surface area contributed by atoms with Crippen LogP contribution in [0.4, 0.5) is 0 Å². The number of halogens is 1. The molecule has 1 aromatic heterocycles. The molecule has 0 bridgehead atoms. The number of ether oxygens (including phenoxy) is 1. The number of nitrogens with zero attached hydrogens (tertiary/aromatic N) is 1. The van der Waals surface area contributed by atoms with Crippen LogP contribution >= 0.6 is 27.3 Å². The van der Waals surface area contributed by atoms with Crippen LogP contribution in [0.1, 0.15) is 34.0 Å². The van der Waals surface area contributed by atoms with E-state index in [1.165, 1.54) is 23.3 Å². The minimum absolute atomic E-state index is 0.596. The molecule has 112 valence electrons. The second kappa shape index (κ2) is 7.01. The summed E-state index contributed by atoms with van der Waals surface area (Å²) >= 11 is 5.27. The monoisotopic (exact) mass is 366 g/mol. The first-order valence-electron chi connectivity index (χ1n) is 7.19. The van der Waals surface area contributed by atoms with Crippen molar-refractivity contribution in [2.75, 3.05) is 7.11 Å². The number of hydrogen-bond acceptors (Lipinski definition) is 4. The summed E-state index contributed by atoms with van der Waals surface area (Å²) in [5.41, 5.74) is 2.38. The van der Waals surface area contributed by atoms with E-state index >= 15 is 0 Å². The predicted octanol–water partition coefficient (Wildman–Crippen LogP) is 3.89. The van der Waals surface area contributed by atoms with Gasteiger partial charge < -0.3 is 10.1 Å². The highest BCUT2D eigenvalue weighted by molar-refractivity contribution is 9.10. The van der Waals surface area contributed by atoms with Crippen LogP contribution in [0.3, 0.4) is 0 Å². The van der Waals surface area contributed by atoms with Gasteiger partial charge in [-0.2, -0.15) is 0 Å². The molecule has 0 amide bonds. The summed E-state index contributed by atoms with van der Waals surface area (Å²) in [4.78, 5) is 6.07. The second-order valence-corrected chi connectivity index (χ2v) is 7.45. The van der Waals surface area contributed by atoms with Crippen molar-refractivity contribution in [2.24, 2.45) is 0 Å². The number of nitrogens with one attached hydrogen (secondary N) is 1. The van der Waals surface area contributed by atoms with E-state index < -0.39 is 0 Å². The van der Waals surface area contributed by atoms with Crippen molar-refractivity contribution in [2.45, 2.75) is 38.5 Å². The SMILES string of the molecule is COCc1nc(Cc2ccc(Br)cc2)sc1CNC1CC1. The maximum atomic E-state index is 5.28. The van der Waals surface area contributed by atoms with Gasteiger partial charge in [0.2, 0.25) is 0 Å². The van der Waals surface area contributed by atoms with Gasteiger partial charge in [-0.05, 0) is 30.5 Å². The van der Waals surface area contributed by atoms with Crippen LogP contribution in [0.5, 0.6) is 0 Å². The Morgan fingerprint density at radius 2 is 2.10 bits per heavy atom. The van der Waals surface area contributed by atoms with Gasteiger partial charge in [0.15, 0.2) is 0 Å². The fourth-order valence-corrected chi connectivity index (χ4v) is 3.52. The lowest BCUT2D eigenvalue weighted by atomic mass is 10.2. The molecule has 0 spiro atoms. The first-order valence-corrected chi connectivity index (χ1v) is 8.80.